The first kappa shape index (κ1) is 14.5. The molecule has 0 heterocycles. The third-order valence-corrected chi connectivity index (χ3v) is 2.98. The van der Waals surface area contributed by atoms with Crippen molar-refractivity contribution >= 4 is 5.91 Å². The van der Waals surface area contributed by atoms with E-state index in [1.807, 2.05) is 24.3 Å². The zero-order valence-corrected chi connectivity index (χ0v) is 11.3. The van der Waals surface area contributed by atoms with Crippen LogP contribution >= 0.6 is 0 Å². The summed E-state index contributed by atoms with van der Waals surface area (Å²) in [5, 5.41) is 0. The molecule has 0 aliphatic rings. The zero-order chi connectivity index (χ0) is 13.8. The predicted molar refractivity (Wildman–Crippen MR) is 72.4 cm³/mol. The molecule has 0 fully saturated rings. The van der Waals surface area contributed by atoms with Crippen molar-refractivity contribution in [3.05, 3.63) is 29.8 Å². The maximum atomic E-state index is 11.1. The molecule has 1 atom stereocenters. The van der Waals surface area contributed by atoms with Gasteiger partial charge in [0.1, 0.15) is 5.75 Å². The predicted octanol–water partition coefficient (Wildman–Crippen LogP) is 1.78. The van der Waals surface area contributed by atoms with Gasteiger partial charge in [-0.2, -0.15) is 0 Å². The van der Waals surface area contributed by atoms with Crippen LogP contribution in [0.15, 0.2) is 24.3 Å². The van der Waals surface area contributed by atoms with E-state index in [2.05, 4.69) is 13.8 Å². The van der Waals surface area contributed by atoms with Crippen molar-refractivity contribution in [2.75, 3.05) is 6.61 Å². The summed E-state index contributed by atoms with van der Waals surface area (Å²) in [6.45, 7) is 6.21. The molecule has 100 valence electrons. The fraction of sp³-hybridized carbons (Fsp3) is 0.500. The van der Waals surface area contributed by atoms with Crippen LogP contribution in [0.3, 0.4) is 0 Å². The number of ether oxygens (including phenoxy) is 1. The smallest absolute Gasteiger partial charge is 0.237 e. The normalized spacial score (nSPS) is 14.3. The van der Waals surface area contributed by atoms with Crippen molar-refractivity contribution in [1.29, 1.82) is 0 Å². The number of rotatable bonds is 6. The zero-order valence-electron chi connectivity index (χ0n) is 11.3. The summed E-state index contributed by atoms with van der Waals surface area (Å²) in [7, 11) is 0. The van der Waals surface area contributed by atoms with Crippen LogP contribution in [0.2, 0.25) is 0 Å². The van der Waals surface area contributed by atoms with Gasteiger partial charge in [0.15, 0.2) is 0 Å². The van der Waals surface area contributed by atoms with Gasteiger partial charge in [-0.1, -0.05) is 32.0 Å². The van der Waals surface area contributed by atoms with Gasteiger partial charge < -0.3 is 16.2 Å². The summed E-state index contributed by atoms with van der Waals surface area (Å²) in [5.74, 6) is 0.720. The first-order valence-electron chi connectivity index (χ1n) is 6.15. The molecular formula is C14H22N2O2. The van der Waals surface area contributed by atoms with E-state index in [1.165, 1.54) is 0 Å². The highest BCUT2D eigenvalue weighted by Crippen LogP contribution is 2.26. The van der Waals surface area contributed by atoms with Crippen LogP contribution in [0.25, 0.3) is 0 Å². The Labute approximate surface area is 108 Å². The lowest BCUT2D eigenvalue weighted by atomic mass is 9.99. The summed E-state index contributed by atoms with van der Waals surface area (Å²) in [4.78, 5) is 11.1. The average Bonchev–Trinajstić information content (AvgIpc) is 2.29. The Hall–Kier alpha value is -1.55. The summed E-state index contributed by atoms with van der Waals surface area (Å²) >= 11 is 0. The summed E-state index contributed by atoms with van der Waals surface area (Å²) in [5.41, 5.74) is 11.1. The number of amides is 1. The number of para-hydroxylation sites is 1. The van der Waals surface area contributed by atoms with Crippen molar-refractivity contribution in [2.45, 2.75) is 38.6 Å². The Balaban J connectivity index is 2.62. The fourth-order valence-corrected chi connectivity index (χ4v) is 1.59. The van der Waals surface area contributed by atoms with E-state index in [4.69, 9.17) is 16.2 Å². The Morgan fingerprint density at radius 1 is 1.39 bits per heavy atom. The molecule has 0 aromatic heterocycles. The largest absolute Gasteiger partial charge is 0.493 e. The van der Waals surface area contributed by atoms with E-state index in [9.17, 15) is 4.79 Å². The molecule has 1 aromatic rings. The van der Waals surface area contributed by atoms with Crippen LogP contribution in [-0.4, -0.2) is 18.1 Å². The third-order valence-electron chi connectivity index (χ3n) is 2.98. The van der Waals surface area contributed by atoms with Gasteiger partial charge in [0.25, 0.3) is 0 Å². The standard InChI is InChI=1S/C14H22N2O2/c1-10(2)11-6-4-5-7-12(11)18-9-8-14(3,16)13(15)17/h4-7,10H,8-9,16H2,1-3H3,(H2,15,17). The molecule has 4 nitrogen and oxygen atoms in total. The molecule has 1 rings (SSSR count). The molecule has 0 aliphatic heterocycles. The molecule has 18 heavy (non-hydrogen) atoms. The Morgan fingerprint density at radius 2 is 2.00 bits per heavy atom. The minimum absolute atomic E-state index is 0.375. The Bertz CT molecular complexity index is 414. The van der Waals surface area contributed by atoms with Crippen molar-refractivity contribution in [2.24, 2.45) is 11.5 Å². The average molecular weight is 250 g/mol. The molecule has 4 N–H and O–H groups in total. The number of carbonyl (C=O) groups is 1. The second kappa shape index (κ2) is 5.87. The number of hydrogen-bond donors (Lipinski definition) is 2. The van der Waals surface area contributed by atoms with Crippen LogP contribution in [-0.2, 0) is 4.79 Å². The fourth-order valence-electron chi connectivity index (χ4n) is 1.59. The van der Waals surface area contributed by atoms with Crippen LogP contribution in [0, 0.1) is 0 Å². The number of benzene rings is 1. The first-order chi connectivity index (χ1) is 8.34. The van der Waals surface area contributed by atoms with Crippen molar-refractivity contribution in [3.63, 3.8) is 0 Å². The Morgan fingerprint density at radius 3 is 2.56 bits per heavy atom. The number of nitrogens with two attached hydrogens (primary N) is 2. The second-order valence-electron chi connectivity index (χ2n) is 5.07. The topological polar surface area (TPSA) is 78.3 Å². The van der Waals surface area contributed by atoms with Crippen molar-refractivity contribution in [1.82, 2.24) is 0 Å². The van der Waals surface area contributed by atoms with E-state index >= 15 is 0 Å². The summed E-state index contributed by atoms with van der Waals surface area (Å²) in [6.07, 6.45) is 0.398. The van der Waals surface area contributed by atoms with E-state index in [0.717, 1.165) is 11.3 Å². The van der Waals surface area contributed by atoms with Crippen molar-refractivity contribution in [3.8, 4) is 5.75 Å². The van der Waals surface area contributed by atoms with Gasteiger partial charge in [-0.15, -0.1) is 0 Å². The van der Waals surface area contributed by atoms with Gasteiger partial charge in [0.2, 0.25) is 5.91 Å². The highest BCUT2D eigenvalue weighted by molar-refractivity contribution is 5.83. The molecule has 0 spiro atoms. The lowest BCUT2D eigenvalue weighted by Crippen LogP contribution is -2.50. The number of carbonyl (C=O) groups excluding carboxylic acids is 1. The monoisotopic (exact) mass is 250 g/mol. The van der Waals surface area contributed by atoms with Crippen LogP contribution in [0.5, 0.6) is 5.75 Å². The molecular weight excluding hydrogens is 228 g/mol. The molecule has 4 heteroatoms. The summed E-state index contributed by atoms with van der Waals surface area (Å²) < 4.78 is 5.70. The van der Waals surface area contributed by atoms with E-state index in [1.54, 1.807) is 6.92 Å². The molecule has 1 amide bonds. The highest BCUT2D eigenvalue weighted by Gasteiger charge is 2.25. The van der Waals surface area contributed by atoms with Gasteiger partial charge in [-0.05, 0) is 24.5 Å². The van der Waals surface area contributed by atoms with Gasteiger partial charge >= 0.3 is 0 Å². The second-order valence-corrected chi connectivity index (χ2v) is 5.07. The van der Waals surface area contributed by atoms with Crippen molar-refractivity contribution < 1.29 is 9.53 Å². The van der Waals surface area contributed by atoms with E-state index < -0.39 is 11.4 Å². The van der Waals surface area contributed by atoms with Crippen LogP contribution in [0.1, 0.15) is 38.7 Å². The van der Waals surface area contributed by atoms with Gasteiger partial charge in [0, 0.05) is 6.42 Å². The minimum Gasteiger partial charge on any atom is -0.493 e. The maximum absolute atomic E-state index is 11.1. The molecule has 0 saturated heterocycles. The van der Waals surface area contributed by atoms with E-state index in [0.29, 0.717) is 18.9 Å². The summed E-state index contributed by atoms with van der Waals surface area (Å²) in [6, 6.07) is 7.87. The van der Waals surface area contributed by atoms with Crippen LogP contribution in [0.4, 0.5) is 0 Å². The molecule has 0 radical (unpaired) electrons. The Kier molecular flexibility index (Phi) is 4.73. The van der Waals surface area contributed by atoms with Crippen LogP contribution < -0.4 is 16.2 Å². The molecule has 1 unspecified atom stereocenters. The highest BCUT2D eigenvalue weighted by atomic mass is 16.5. The number of hydrogen-bond acceptors (Lipinski definition) is 3. The van der Waals surface area contributed by atoms with E-state index in [-0.39, 0.29) is 0 Å². The van der Waals surface area contributed by atoms with Gasteiger partial charge in [-0.3, -0.25) is 4.79 Å². The van der Waals surface area contributed by atoms with Gasteiger partial charge in [0.05, 0.1) is 12.1 Å². The quantitative estimate of drug-likeness (QED) is 0.807. The lowest BCUT2D eigenvalue weighted by molar-refractivity contribution is -0.123. The number of primary amides is 1. The lowest BCUT2D eigenvalue weighted by Gasteiger charge is -2.21. The molecule has 0 aliphatic carbocycles. The third kappa shape index (κ3) is 3.74. The molecule has 0 saturated carbocycles. The maximum Gasteiger partial charge on any atom is 0.237 e. The SMILES string of the molecule is CC(C)c1ccccc1OCCC(C)(N)C(N)=O. The first-order valence-corrected chi connectivity index (χ1v) is 6.15. The van der Waals surface area contributed by atoms with Gasteiger partial charge in [-0.25, -0.2) is 0 Å². The molecule has 0 bridgehead atoms. The minimum atomic E-state index is -1.02. The molecule has 1 aromatic carbocycles.